The van der Waals surface area contributed by atoms with Crippen LogP contribution < -0.4 is 5.32 Å². The van der Waals surface area contributed by atoms with Crippen molar-refractivity contribution in [2.45, 2.75) is 46.6 Å². The van der Waals surface area contributed by atoms with Crippen molar-refractivity contribution < 1.29 is 8.78 Å². The summed E-state index contributed by atoms with van der Waals surface area (Å²) in [5.41, 5.74) is 0.643. The molecule has 0 amide bonds. The van der Waals surface area contributed by atoms with E-state index in [0.29, 0.717) is 23.8 Å². The number of hydrogen-bond donors (Lipinski definition) is 1. The van der Waals surface area contributed by atoms with Gasteiger partial charge < -0.3 is 5.32 Å². The molecule has 0 aromatic heterocycles. The first kappa shape index (κ1) is 16.1. The molecule has 1 aromatic rings. The number of benzene rings is 1. The van der Waals surface area contributed by atoms with E-state index in [4.69, 9.17) is 0 Å². The number of rotatable bonds is 5. The topological polar surface area (TPSA) is 12.0 Å². The molecule has 0 radical (unpaired) electrons. The Bertz CT molecular complexity index is 408. The normalized spacial score (nSPS) is 13.9. The van der Waals surface area contributed by atoms with Crippen LogP contribution in [0.2, 0.25) is 0 Å². The van der Waals surface area contributed by atoms with E-state index >= 15 is 0 Å². The van der Waals surface area contributed by atoms with Crippen molar-refractivity contribution in [3.63, 3.8) is 0 Å². The molecular weight excluding hydrogens is 244 g/mol. The molecule has 1 atom stereocenters. The van der Waals surface area contributed by atoms with Crippen LogP contribution in [-0.2, 0) is 6.42 Å². The molecule has 0 aliphatic carbocycles. The Morgan fingerprint density at radius 2 is 1.79 bits per heavy atom. The zero-order chi connectivity index (χ0) is 14.6. The first-order valence-corrected chi connectivity index (χ1v) is 6.88. The summed E-state index contributed by atoms with van der Waals surface area (Å²) in [5.74, 6) is -0.185. The average Bonchev–Trinajstić information content (AvgIpc) is 2.24. The molecule has 1 aromatic carbocycles. The van der Waals surface area contributed by atoms with Gasteiger partial charge in [-0.3, -0.25) is 0 Å². The van der Waals surface area contributed by atoms with Crippen molar-refractivity contribution in [3.8, 4) is 0 Å². The Hall–Kier alpha value is -0.960. The summed E-state index contributed by atoms with van der Waals surface area (Å²) in [7, 11) is 0. The summed E-state index contributed by atoms with van der Waals surface area (Å²) < 4.78 is 26.6. The third kappa shape index (κ3) is 5.68. The lowest BCUT2D eigenvalue weighted by Gasteiger charge is -2.27. The van der Waals surface area contributed by atoms with Gasteiger partial charge in [0.05, 0.1) is 0 Å². The quantitative estimate of drug-likeness (QED) is 0.846. The van der Waals surface area contributed by atoms with Crippen LogP contribution in [0, 0.1) is 23.5 Å². The second-order valence-electron chi connectivity index (χ2n) is 6.57. The van der Waals surface area contributed by atoms with Crippen LogP contribution in [0.25, 0.3) is 0 Å². The van der Waals surface area contributed by atoms with Crippen LogP contribution in [0.4, 0.5) is 8.78 Å². The fraction of sp³-hybridized carbons (Fsp3) is 0.625. The molecule has 1 unspecified atom stereocenters. The molecule has 0 saturated heterocycles. The van der Waals surface area contributed by atoms with Gasteiger partial charge in [0.25, 0.3) is 0 Å². The molecule has 0 heterocycles. The molecule has 3 heteroatoms. The number of halogens is 2. The Labute approximate surface area is 115 Å². The van der Waals surface area contributed by atoms with Gasteiger partial charge in [-0.1, -0.05) is 19.9 Å². The summed E-state index contributed by atoms with van der Waals surface area (Å²) in [6.07, 6.45) is 0.632. The molecule has 0 aliphatic heterocycles. The van der Waals surface area contributed by atoms with Crippen LogP contribution in [0.5, 0.6) is 0 Å². The first-order valence-electron chi connectivity index (χ1n) is 6.88. The van der Waals surface area contributed by atoms with E-state index in [9.17, 15) is 8.78 Å². The van der Waals surface area contributed by atoms with Crippen molar-refractivity contribution in [2.75, 3.05) is 6.54 Å². The number of nitrogens with one attached hydrogen (secondary N) is 1. The van der Waals surface area contributed by atoms with Crippen molar-refractivity contribution >= 4 is 0 Å². The lowest BCUT2D eigenvalue weighted by Crippen LogP contribution is -2.40. The van der Waals surface area contributed by atoms with E-state index in [1.807, 2.05) is 0 Å². The molecule has 108 valence electrons. The van der Waals surface area contributed by atoms with Gasteiger partial charge in [0.1, 0.15) is 11.6 Å². The fourth-order valence-corrected chi connectivity index (χ4v) is 1.95. The maximum Gasteiger partial charge on any atom is 0.129 e. The predicted molar refractivity (Wildman–Crippen MR) is 76.1 cm³/mol. The van der Waals surface area contributed by atoms with Crippen LogP contribution >= 0.6 is 0 Å². The maximum atomic E-state index is 13.7. The summed E-state index contributed by atoms with van der Waals surface area (Å²) in [5, 5.41) is 3.46. The van der Waals surface area contributed by atoms with Crippen molar-refractivity contribution in [3.05, 3.63) is 35.4 Å². The van der Waals surface area contributed by atoms with Crippen molar-refractivity contribution in [2.24, 2.45) is 11.8 Å². The lowest BCUT2D eigenvalue weighted by atomic mass is 9.88. The smallest absolute Gasteiger partial charge is 0.129 e. The van der Waals surface area contributed by atoms with E-state index in [1.54, 1.807) is 6.07 Å². The second-order valence-corrected chi connectivity index (χ2v) is 6.57. The van der Waals surface area contributed by atoms with E-state index in [1.165, 1.54) is 6.07 Å². The second kappa shape index (κ2) is 6.47. The molecule has 0 saturated carbocycles. The minimum Gasteiger partial charge on any atom is -0.312 e. The average molecular weight is 269 g/mol. The molecule has 0 bridgehead atoms. The van der Waals surface area contributed by atoms with Gasteiger partial charge in [0.2, 0.25) is 0 Å². The zero-order valence-corrected chi connectivity index (χ0v) is 12.6. The largest absolute Gasteiger partial charge is 0.312 e. The van der Waals surface area contributed by atoms with Gasteiger partial charge in [-0.2, -0.15) is 0 Å². The highest BCUT2D eigenvalue weighted by atomic mass is 19.1. The van der Waals surface area contributed by atoms with Gasteiger partial charge in [0, 0.05) is 11.6 Å². The minimum absolute atomic E-state index is 0.0501. The fourth-order valence-electron chi connectivity index (χ4n) is 1.95. The molecule has 0 aliphatic rings. The Morgan fingerprint density at radius 1 is 1.16 bits per heavy atom. The van der Waals surface area contributed by atoms with Crippen molar-refractivity contribution in [1.82, 2.24) is 5.32 Å². The number of hydrogen-bond acceptors (Lipinski definition) is 1. The van der Waals surface area contributed by atoms with E-state index < -0.39 is 11.6 Å². The molecule has 1 N–H and O–H groups in total. The van der Waals surface area contributed by atoms with Crippen molar-refractivity contribution in [1.29, 1.82) is 0 Å². The monoisotopic (exact) mass is 269 g/mol. The third-order valence-electron chi connectivity index (χ3n) is 3.33. The standard InChI is InChI=1S/C16H25F2N/c1-11(2)13(10-19-16(3,4)5)8-12-6-7-14(17)9-15(12)18/h6-7,9,11,13,19H,8,10H2,1-5H3. The third-order valence-corrected chi connectivity index (χ3v) is 3.33. The summed E-state index contributed by atoms with van der Waals surface area (Å²) >= 11 is 0. The van der Waals surface area contributed by atoms with Gasteiger partial charge in [-0.25, -0.2) is 8.78 Å². The zero-order valence-electron chi connectivity index (χ0n) is 12.6. The highest BCUT2D eigenvalue weighted by Gasteiger charge is 2.19. The Balaban J connectivity index is 2.73. The lowest BCUT2D eigenvalue weighted by molar-refractivity contribution is 0.310. The predicted octanol–water partition coefficient (Wildman–Crippen LogP) is 4.17. The highest BCUT2D eigenvalue weighted by Crippen LogP contribution is 2.20. The summed E-state index contributed by atoms with van der Waals surface area (Å²) in [6.45, 7) is 11.4. The van der Waals surface area contributed by atoms with Gasteiger partial charge >= 0.3 is 0 Å². The molecule has 1 nitrogen and oxygen atoms in total. The SMILES string of the molecule is CC(C)C(CNC(C)(C)C)Cc1ccc(F)cc1F. The van der Waals surface area contributed by atoms with Crippen LogP contribution in [-0.4, -0.2) is 12.1 Å². The highest BCUT2D eigenvalue weighted by molar-refractivity contribution is 5.19. The Kier molecular flexibility index (Phi) is 5.48. The van der Waals surface area contributed by atoms with E-state index in [0.717, 1.165) is 12.6 Å². The molecule has 1 rings (SSSR count). The minimum atomic E-state index is -0.518. The molecule has 0 fully saturated rings. The first-order chi connectivity index (χ1) is 8.69. The van der Waals surface area contributed by atoms with Crippen LogP contribution in [0.3, 0.4) is 0 Å². The summed E-state index contributed by atoms with van der Waals surface area (Å²) in [6, 6.07) is 3.84. The maximum absolute atomic E-state index is 13.7. The summed E-state index contributed by atoms with van der Waals surface area (Å²) in [4.78, 5) is 0. The Morgan fingerprint density at radius 3 is 2.26 bits per heavy atom. The van der Waals surface area contributed by atoms with Crippen LogP contribution in [0.1, 0.15) is 40.2 Å². The molecule has 19 heavy (non-hydrogen) atoms. The molecule has 0 spiro atoms. The van der Waals surface area contributed by atoms with Gasteiger partial charge in [-0.05, 0) is 57.2 Å². The van der Waals surface area contributed by atoms with E-state index in [2.05, 4.69) is 39.9 Å². The van der Waals surface area contributed by atoms with E-state index in [-0.39, 0.29) is 5.54 Å². The van der Waals surface area contributed by atoms with Gasteiger partial charge in [0.15, 0.2) is 0 Å². The van der Waals surface area contributed by atoms with Gasteiger partial charge in [-0.15, -0.1) is 0 Å². The molecular formula is C16H25F2N. The van der Waals surface area contributed by atoms with Crippen LogP contribution in [0.15, 0.2) is 18.2 Å².